The summed E-state index contributed by atoms with van der Waals surface area (Å²) in [5.74, 6) is 0.327. The molecule has 0 radical (unpaired) electrons. The van der Waals surface area contributed by atoms with E-state index in [0.717, 1.165) is 19.2 Å². The Hall–Kier alpha value is -1.11. The fraction of sp³-hybridized carbons (Fsp3) is 0.600. The summed E-state index contributed by atoms with van der Waals surface area (Å²) < 4.78 is 48.8. The lowest BCUT2D eigenvalue weighted by atomic mass is 9.88. The summed E-state index contributed by atoms with van der Waals surface area (Å²) in [5, 5.41) is 3.25. The topological polar surface area (TPSA) is 30.5 Å². The molecule has 1 heterocycles. The van der Waals surface area contributed by atoms with E-state index in [9.17, 15) is 13.2 Å². The molecule has 1 fully saturated rings. The van der Waals surface area contributed by atoms with Gasteiger partial charge < -0.3 is 14.8 Å². The fourth-order valence-corrected chi connectivity index (χ4v) is 2.92. The van der Waals surface area contributed by atoms with Crippen molar-refractivity contribution < 1.29 is 22.6 Å². The van der Waals surface area contributed by atoms with Crippen LogP contribution in [0.3, 0.4) is 0 Å². The molecule has 0 aliphatic carbocycles. The highest BCUT2D eigenvalue weighted by atomic mass is 19.4. The normalized spacial score (nSPS) is 23.0. The first-order valence-electron chi connectivity index (χ1n) is 6.88. The molecular weight excluding hydrogens is 283 g/mol. The van der Waals surface area contributed by atoms with E-state index in [1.165, 1.54) is 12.1 Å². The maximum atomic E-state index is 12.7. The van der Waals surface area contributed by atoms with E-state index in [0.29, 0.717) is 12.0 Å². The van der Waals surface area contributed by atoms with E-state index in [1.54, 1.807) is 20.3 Å². The summed E-state index contributed by atoms with van der Waals surface area (Å²) in [6, 6.07) is 5.52. The summed E-state index contributed by atoms with van der Waals surface area (Å²) in [4.78, 5) is 0. The fourth-order valence-electron chi connectivity index (χ4n) is 2.92. The highest BCUT2D eigenvalue weighted by Gasteiger charge is 2.35. The van der Waals surface area contributed by atoms with Crippen molar-refractivity contribution in [3.8, 4) is 0 Å². The molecule has 0 amide bonds. The van der Waals surface area contributed by atoms with Gasteiger partial charge in [0.15, 0.2) is 6.29 Å². The maximum absolute atomic E-state index is 12.7. The molecule has 0 spiro atoms. The van der Waals surface area contributed by atoms with Crippen molar-refractivity contribution in [3.05, 3.63) is 35.4 Å². The van der Waals surface area contributed by atoms with Crippen molar-refractivity contribution in [1.82, 2.24) is 5.32 Å². The van der Waals surface area contributed by atoms with Gasteiger partial charge in [-0.25, -0.2) is 0 Å². The molecule has 0 bridgehead atoms. The largest absolute Gasteiger partial charge is 0.416 e. The Morgan fingerprint density at radius 2 is 1.95 bits per heavy atom. The molecule has 0 saturated carbocycles. The molecular formula is C15H20F3NO2. The molecule has 1 aliphatic rings. The van der Waals surface area contributed by atoms with Crippen LogP contribution < -0.4 is 5.32 Å². The first kappa shape index (κ1) is 16.3. The molecule has 118 valence electrons. The summed E-state index contributed by atoms with van der Waals surface area (Å²) in [7, 11) is 3.15. The minimum absolute atomic E-state index is 0.134. The lowest BCUT2D eigenvalue weighted by Gasteiger charge is -2.25. The summed E-state index contributed by atoms with van der Waals surface area (Å²) in [5.41, 5.74) is 0.0898. The zero-order valence-corrected chi connectivity index (χ0v) is 12.1. The van der Waals surface area contributed by atoms with Crippen LogP contribution in [0.4, 0.5) is 13.2 Å². The molecule has 21 heavy (non-hydrogen) atoms. The molecule has 0 aromatic heterocycles. The third-order valence-corrected chi connectivity index (χ3v) is 3.96. The minimum atomic E-state index is -4.30. The van der Waals surface area contributed by atoms with Crippen molar-refractivity contribution in [2.24, 2.45) is 11.8 Å². The average Bonchev–Trinajstić information content (AvgIpc) is 2.88. The Kier molecular flexibility index (Phi) is 5.24. The van der Waals surface area contributed by atoms with E-state index in [-0.39, 0.29) is 18.1 Å². The minimum Gasteiger partial charge on any atom is -0.356 e. The zero-order valence-electron chi connectivity index (χ0n) is 12.1. The first-order chi connectivity index (χ1) is 9.95. The average molecular weight is 303 g/mol. The Morgan fingerprint density at radius 3 is 2.57 bits per heavy atom. The van der Waals surface area contributed by atoms with E-state index < -0.39 is 11.7 Å². The van der Waals surface area contributed by atoms with Gasteiger partial charge in [0.25, 0.3) is 0 Å². The second-order valence-electron chi connectivity index (χ2n) is 5.32. The van der Waals surface area contributed by atoms with Gasteiger partial charge >= 0.3 is 6.18 Å². The smallest absolute Gasteiger partial charge is 0.356 e. The van der Waals surface area contributed by atoms with Gasteiger partial charge in [0.1, 0.15) is 0 Å². The van der Waals surface area contributed by atoms with E-state index in [1.807, 2.05) is 0 Å². The predicted molar refractivity (Wildman–Crippen MR) is 72.8 cm³/mol. The van der Waals surface area contributed by atoms with E-state index >= 15 is 0 Å². The Morgan fingerprint density at radius 1 is 1.24 bits per heavy atom. The van der Waals surface area contributed by atoms with Gasteiger partial charge in [-0.15, -0.1) is 0 Å². The third-order valence-electron chi connectivity index (χ3n) is 3.96. The SMILES string of the molecule is COC(OC)[C@@H]1CNC[C@@H]1Cc1cccc(C(F)(F)F)c1. The van der Waals surface area contributed by atoms with Crippen LogP contribution in [0.5, 0.6) is 0 Å². The van der Waals surface area contributed by atoms with Crippen LogP contribution in [0.25, 0.3) is 0 Å². The summed E-state index contributed by atoms with van der Waals surface area (Å²) in [6.07, 6.45) is -4.06. The first-order valence-corrected chi connectivity index (χ1v) is 6.88. The molecule has 3 nitrogen and oxygen atoms in total. The van der Waals surface area contributed by atoms with Crippen LogP contribution in [0.15, 0.2) is 24.3 Å². The van der Waals surface area contributed by atoms with Gasteiger partial charge in [-0.1, -0.05) is 18.2 Å². The van der Waals surface area contributed by atoms with Gasteiger partial charge in [-0.05, 0) is 30.5 Å². The molecule has 2 rings (SSSR count). The monoisotopic (exact) mass is 303 g/mol. The second kappa shape index (κ2) is 6.77. The van der Waals surface area contributed by atoms with Gasteiger partial charge in [-0.2, -0.15) is 13.2 Å². The summed E-state index contributed by atoms with van der Waals surface area (Å²) in [6.45, 7) is 1.50. The van der Waals surface area contributed by atoms with Crippen LogP contribution in [-0.4, -0.2) is 33.6 Å². The number of ether oxygens (including phenoxy) is 2. The number of hydrogen-bond donors (Lipinski definition) is 1. The van der Waals surface area contributed by atoms with Crippen molar-refractivity contribution in [2.75, 3.05) is 27.3 Å². The quantitative estimate of drug-likeness (QED) is 0.849. The second-order valence-corrected chi connectivity index (χ2v) is 5.32. The molecule has 1 aromatic rings. The number of rotatable bonds is 5. The standard InChI is InChI=1S/C15H20F3NO2/c1-20-14(21-2)13-9-19-8-11(13)6-10-4-3-5-12(7-10)15(16,17)18/h3-5,7,11,13-14,19H,6,8-9H2,1-2H3/t11-,13+/m0/s1. The van der Waals surface area contributed by atoms with Gasteiger partial charge in [0.2, 0.25) is 0 Å². The van der Waals surface area contributed by atoms with Crippen LogP contribution in [0.1, 0.15) is 11.1 Å². The lowest BCUT2D eigenvalue weighted by Crippen LogP contribution is -2.31. The molecule has 0 unspecified atom stereocenters. The number of halogens is 3. The van der Waals surface area contributed by atoms with Crippen molar-refractivity contribution >= 4 is 0 Å². The molecule has 1 aromatic carbocycles. The molecule has 6 heteroatoms. The Balaban J connectivity index is 2.10. The number of benzene rings is 1. The van der Waals surface area contributed by atoms with Gasteiger partial charge in [0.05, 0.1) is 5.56 Å². The number of nitrogens with one attached hydrogen (secondary N) is 1. The summed E-state index contributed by atoms with van der Waals surface area (Å²) >= 11 is 0. The Bertz CT molecular complexity index is 460. The highest BCUT2D eigenvalue weighted by molar-refractivity contribution is 5.26. The number of hydrogen-bond acceptors (Lipinski definition) is 3. The molecule has 1 N–H and O–H groups in total. The van der Waals surface area contributed by atoms with Crippen molar-refractivity contribution in [2.45, 2.75) is 18.9 Å². The zero-order chi connectivity index (χ0) is 15.5. The van der Waals surface area contributed by atoms with Crippen LogP contribution in [-0.2, 0) is 22.1 Å². The number of alkyl halides is 3. The third kappa shape index (κ3) is 3.96. The molecule has 2 atom stereocenters. The van der Waals surface area contributed by atoms with Gasteiger partial charge in [-0.3, -0.25) is 0 Å². The Labute approximate surface area is 122 Å². The van der Waals surface area contributed by atoms with Crippen LogP contribution in [0.2, 0.25) is 0 Å². The van der Waals surface area contributed by atoms with Crippen LogP contribution >= 0.6 is 0 Å². The molecule has 1 saturated heterocycles. The van der Waals surface area contributed by atoms with Crippen molar-refractivity contribution in [3.63, 3.8) is 0 Å². The highest BCUT2D eigenvalue weighted by Crippen LogP contribution is 2.31. The van der Waals surface area contributed by atoms with Gasteiger partial charge in [0, 0.05) is 26.7 Å². The van der Waals surface area contributed by atoms with Crippen LogP contribution in [0, 0.1) is 11.8 Å². The molecule has 1 aliphatic heterocycles. The predicted octanol–water partition coefficient (Wildman–Crippen LogP) is 2.70. The lowest BCUT2D eigenvalue weighted by molar-refractivity contribution is -0.141. The maximum Gasteiger partial charge on any atom is 0.416 e. The number of methoxy groups -OCH3 is 2. The van der Waals surface area contributed by atoms with Crippen molar-refractivity contribution in [1.29, 1.82) is 0 Å². The van der Waals surface area contributed by atoms with E-state index in [4.69, 9.17) is 9.47 Å². The van der Waals surface area contributed by atoms with E-state index in [2.05, 4.69) is 5.32 Å².